The first-order valence-corrected chi connectivity index (χ1v) is 5.94. The normalized spacial score (nSPS) is 9.44. The third kappa shape index (κ3) is 4.30. The van der Waals surface area contributed by atoms with Crippen LogP contribution in [-0.2, 0) is 0 Å². The van der Waals surface area contributed by atoms with Gasteiger partial charge in [0.25, 0.3) is 11.1 Å². The molecular weight excluding hydrogens is 376 g/mol. The van der Waals surface area contributed by atoms with E-state index in [1.165, 1.54) is 12.4 Å². The van der Waals surface area contributed by atoms with E-state index in [9.17, 15) is 19.2 Å². The molecule has 0 saturated carbocycles. The summed E-state index contributed by atoms with van der Waals surface area (Å²) in [5.74, 6) is 0. The van der Waals surface area contributed by atoms with Gasteiger partial charge in [-0.25, -0.2) is 9.59 Å². The maximum absolute atomic E-state index is 10.5. The summed E-state index contributed by atoms with van der Waals surface area (Å²) in [6.45, 7) is 0. The zero-order chi connectivity index (χ0) is 13.7. The number of halogens is 2. The van der Waals surface area contributed by atoms with Gasteiger partial charge in [-0.1, -0.05) is 0 Å². The van der Waals surface area contributed by atoms with Crippen LogP contribution in [0.25, 0.3) is 0 Å². The van der Waals surface area contributed by atoms with Crippen LogP contribution < -0.4 is 22.5 Å². The summed E-state index contributed by atoms with van der Waals surface area (Å²) in [5, 5.41) is 0. The average Bonchev–Trinajstić information content (AvgIpc) is 2.30. The number of nitrogens with one attached hydrogen (secondary N) is 4. The standard InChI is InChI=1S/2C4H3BrN2O2/c2*5-2-1-6-4(9)7-3(2)8/h2*1H,(H2,6,7,8,9). The first-order valence-electron chi connectivity index (χ1n) is 4.35. The molecule has 0 saturated heterocycles. The summed E-state index contributed by atoms with van der Waals surface area (Å²) in [7, 11) is 0. The molecule has 0 fully saturated rings. The molecule has 0 unspecified atom stereocenters. The van der Waals surface area contributed by atoms with Crippen molar-refractivity contribution in [1.82, 2.24) is 19.9 Å². The van der Waals surface area contributed by atoms with E-state index < -0.39 is 22.5 Å². The number of aromatic amines is 4. The Morgan fingerprint density at radius 3 is 1.28 bits per heavy atom. The van der Waals surface area contributed by atoms with Gasteiger partial charge in [-0.2, -0.15) is 0 Å². The molecule has 10 heteroatoms. The second-order valence-electron chi connectivity index (χ2n) is 2.84. The zero-order valence-electron chi connectivity index (χ0n) is 8.54. The third-order valence-electron chi connectivity index (χ3n) is 1.55. The van der Waals surface area contributed by atoms with E-state index in [0.29, 0.717) is 8.95 Å². The average molecular weight is 382 g/mol. The lowest BCUT2D eigenvalue weighted by Gasteiger charge is -1.82. The zero-order valence-corrected chi connectivity index (χ0v) is 11.7. The molecule has 0 atom stereocenters. The maximum Gasteiger partial charge on any atom is 0.325 e. The number of H-pyrrole nitrogens is 4. The van der Waals surface area contributed by atoms with Crippen molar-refractivity contribution in [3.05, 3.63) is 63.0 Å². The van der Waals surface area contributed by atoms with Gasteiger partial charge in [0.05, 0.1) is 8.95 Å². The predicted octanol–water partition coefficient (Wildman–Crippen LogP) is -0.349. The molecule has 0 aliphatic rings. The molecule has 0 aliphatic carbocycles. The minimum atomic E-state index is -0.497. The van der Waals surface area contributed by atoms with Gasteiger partial charge >= 0.3 is 11.4 Å². The molecule has 4 N–H and O–H groups in total. The minimum Gasteiger partial charge on any atom is -0.313 e. The van der Waals surface area contributed by atoms with Gasteiger partial charge in [0, 0.05) is 12.4 Å². The van der Waals surface area contributed by atoms with E-state index in [2.05, 4.69) is 41.8 Å². The van der Waals surface area contributed by atoms with E-state index >= 15 is 0 Å². The Hall–Kier alpha value is -1.68. The molecule has 18 heavy (non-hydrogen) atoms. The monoisotopic (exact) mass is 380 g/mol. The molecule has 0 amide bonds. The number of rotatable bonds is 0. The fourth-order valence-corrected chi connectivity index (χ4v) is 1.21. The topological polar surface area (TPSA) is 131 Å². The minimum absolute atomic E-state index is 0.321. The lowest BCUT2D eigenvalue weighted by atomic mass is 10.7. The Labute approximate surface area is 115 Å². The van der Waals surface area contributed by atoms with Crippen molar-refractivity contribution in [3.8, 4) is 0 Å². The molecular formula is C8H6Br2N4O4. The second-order valence-corrected chi connectivity index (χ2v) is 4.55. The van der Waals surface area contributed by atoms with Crippen LogP contribution in [0.3, 0.4) is 0 Å². The highest BCUT2D eigenvalue weighted by atomic mass is 79.9. The van der Waals surface area contributed by atoms with Crippen molar-refractivity contribution in [2.75, 3.05) is 0 Å². The lowest BCUT2D eigenvalue weighted by molar-refractivity contribution is 1.02. The Bertz CT molecular complexity index is 691. The van der Waals surface area contributed by atoms with Crippen molar-refractivity contribution in [2.24, 2.45) is 0 Å². The largest absolute Gasteiger partial charge is 0.325 e. The molecule has 0 aliphatic heterocycles. The molecule has 0 spiro atoms. The molecule has 2 rings (SSSR count). The van der Waals surface area contributed by atoms with Crippen molar-refractivity contribution in [1.29, 1.82) is 0 Å². The number of aromatic nitrogens is 4. The van der Waals surface area contributed by atoms with Crippen LogP contribution in [0.15, 0.2) is 40.5 Å². The Kier molecular flexibility index (Phi) is 5.04. The lowest BCUT2D eigenvalue weighted by Crippen LogP contribution is -2.21. The van der Waals surface area contributed by atoms with Gasteiger partial charge in [-0.3, -0.25) is 19.6 Å². The van der Waals surface area contributed by atoms with E-state index in [0.717, 1.165) is 0 Å². The van der Waals surface area contributed by atoms with Gasteiger partial charge in [-0.15, -0.1) is 0 Å². The van der Waals surface area contributed by atoms with Crippen molar-refractivity contribution in [2.45, 2.75) is 0 Å². The molecule has 2 aromatic rings. The Morgan fingerprint density at radius 2 is 1.06 bits per heavy atom. The number of hydrogen-bond acceptors (Lipinski definition) is 4. The van der Waals surface area contributed by atoms with E-state index in [-0.39, 0.29) is 0 Å². The first kappa shape index (κ1) is 14.4. The molecule has 0 aromatic carbocycles. The molecule has 2 heterocycles. The SMILES string of the molecule is O=c1[nH]cc(Br)c(=O)[nH]1.O=c1[nH]cc(Br)c(=O)[nH]1. The highest BCUT2D eigenvalue weighted by molar-refractivity contribution is 9.10. The van der Waals surface area contributed by atoms with Crippen LogP contribution in [0.1, 0.15) is 0 Å². The highest BCUT2D eigenvalue weighted by Crippen LogP contribution is 1.94. The van der Waals surface area contributed by atoms with Gasteiger partial charge < -0.3 is 9.97 Å². The molecule has 0 radical (unpaired) electrons. The van der Waals surface area contributed by atoms with E-state index in [1.807, 2.05) is 9.97 Å². The van der Waals surface area contributed by atoms with E-state index in [1.54, 1.807) is 0 Å². The summed E-state index contributed by atoms with van der Waals surface area (Å²) in [5.41, 5.74) is -1.83. The van der Waals surface area contributed by atoms with Crippen LogP contribution in [0.4, 0.5) is 0 Å². The molecule has 8 nitrogen and oxygen atoms in total. The van der Waals surface area contributed by atoms with E-state index in [4.69, 9.17) is 0 Å². The summed E-state index contributed by atoms with van der Waals surface area (Å²) >= 11 is 5.83. The van der Waals surface area contributed by atoms with Crippen LogP contribution in [0, 0.1) is 0 Å². The summed E-state index contributed by atoms with van der Waals surface area (Å²) < 4.78 is 0.643. The summed E-state index contributed by atoms with van der Waals surface area (Å²) in [4.78, 5) is 50.3. The van der Waals surface area contributed by atoms with Gasteiger partial charge in [0.2, 0.25) is 0 Å². The fraction of sp³-hybridized carbons (Fsp3) is 0. The quantitative estimate of drug-likeness (QED) is 0.496. The second kappa shape index (κ2) is 6.31. The highest BCUT2D eigenvalue weighted by Gasteiger charge is 1.91. The van der Waals surface area contributed by atoms with Crippen molar-refractivity contribution in [3.63, 3.8) is 0 Å². The molecule has 2 aromatic heterocycles. The van der Waals surface area contributed by atoms with Crippen LogP contribution in [0.2, 0.25) is 0 Å². The van der Waals surface area contributed by atoms with Gasteiger partial charge in [0.15, 0.2) is 0 Å². The summed E-state index contributed by atoms with van der Waals surface area (Å²) in [6.07, 6.45) is 2.59. The van der Waals surface area contributed by atoms with Crippen LogP contribution in [0.5, 0.6) is 0 Å². The van der Waals surface area contributed by atoms with Crippen molar-refractivity contribution >= 4 is 31.9 Å². The number of hydrogen-bond donors (Lipinski definition) is 4. The van der Waals surface area contributed by atoms with Crippen molar-refractivity contribution < 1.29 is 0 Å². The van der Waals surface area contributed by atoms with Crippen LogP contribution >= 0.6 is 31.9 Å². The fourth-order valence-electron chi connectivity index (χ4n) is 0.787. The van der Waals surface area contributed by atoms with Gasteiger partial charge in [-0.05, 0) is 31.9 Å². The summed E-state index contributed by atoms with van der Waals surface area (Å²) in [6, 6.07) is 0. The van der Waals surface area contributed by atoms with Gasteiger partial charge in [0.1, 0.15) is 0 Å². The predicted molar refractivity (Wildman–Crippen MR) is 70.8 cm³/mol. The maximum atomic E-state index is 10.5. The molecule has 96 valence electrons. The molecule has 0 bridgehead atoms. The third-order valence-corrected chi connectivity index (χ3v) is 2.73. The smallest absolute Gasteiger partial charge is 0.313 e. The Morgan fingerprint density at radius 1 is 0.722 bits per heavy atom. The first-order chi connectivity index (χ1) is 8.40. The van der Waals surface area contributed by atoms with Crippen LogP contribution in [-0.4, -0.2) is 19.9 Å². The Balaban J connectivity index is 0.000000180.